The summed E-state index contributed by atoms with van der Waals surface area (Å²) in [5.41, 5.74) is 0.275. The van der Waals surface area contributed by atoms with Crippen LogP contribution in [0.25, 0.3) is 0 Å². The molecule has 0 saturated heterocycles. The second-order valence-corrected chi connectivity index (χ2v) is 9.98. The largest absolute Gasteiger partial charge is 0.323 e. The van der Waals surface area contributed by atoms with E-state index in [1.165, 1.54) is 52.7 Å². The van der Waals surface area contributed by atoms with Gasteiger partial charge in [0.1, 0.15) is 4.90 Å². The molecule has 1 aromatic heterocycles. The molecule has 4 nitrogen and oxygen atoms in total. The van der Waals surface area contributed by atoms with Crippen molar-refractivity contribution in [2.45, 2.75) is 14.7 Å². The van der Waals surface area contributed by atoms with Crippen molar-refractivity contribution in [3.63, 3.8) is 0 Å². The fourth-order valence-electron chi connectivity index (χ4n) is 2.19. The zero-order valence-electron chi connectivity index (χ0n) is 13.7. The van der Waals surface area contributed by atoms with Crippen molar-refractivity contribution >= 4 is 67.7 Å². The van der Waals surface area contributed by atoms with Crippen LogP contribution in [-0.4, -0.2) is 20.1 Å². The highest BCUT2D eigenvalue weighted by atomic mass is 35.5. The lowest BCUT2D eigenvalue weighted by molar-refractivity contribution is -0.113. The van der Waals surface area contributed by atoms with Crippen LogP contribution in [0.3, 0.4) is 0 Å². The van der Waals surface area contributed by atoms with Gasteiger partial charge in [0.2, 0.25) is 15.7 Å². The minimum atomic E-state index is -3.74. The van der Waals surface area contributed by atoms with E-state index in [-0.39, 0.29) is 27.1 Å². The first-order valence-electron chi connectivity index (χ1n) is 7.61. The number of hydrogen-bond acceptors (Lipinski definition) is 5. The summed E-state index contributed by atoms with van der Waals surface area (Å²) in [6.07, 6.45) is 0. The molecule has 0 aliphatic rings. The SMILES string of the molecule is O=C(CSc1ccc(Cl)cc1)Nc1cscc1S(=O)(=O)c1ccc(Cl)cc1. The summed E-state index contributed by atoms with van der Waals surface area (Å²) >= 11 is 14.2. The van der Waals surface area contributed by atoms with E-state index in [2.05, 4.69) is 5.32 Å². The van der Waals surface area contributed by atoms with E-state index in [1.54, 1.807) is 17.5 Å². The van der Waals surface area contributed by atoms with Crippen molar-refractivity contribution in [3.8, 4) is 0 Å². The molecule has 1 heterocycles. The van der Waals surface area contributed by atoms with Crippen LogP contribution in [0.1, 0.15) is 0 Å². The quantitative estimate of drug-likeness (QED) is 0.487. The maximum atomic E-state index is 12.8. The van der Waals surface area contributed by atoms with Crippen molar-refractivity contribution in [2.24, 2.45) is 0 Å². The van der Waals surface area contributed by atoms with Crippen molar-refractivity contribution in [1.29, 1.82) is 0 Å². The van der Waals surface area contributed by atoms with Gasteiger partial charge >= 0.3 is 0 Å². The molecule has 0 aliphatic heterocycles. The van der Waals surface area contributed by atoms with Crippen molar-refractivity contribution < 1.29 is 13.2 Å². The number of halogens is 2. The lowest BCUT2D eigenvalue weighted by Crippen LogP contribution is -2.15. The Morgan fingerprint density at radius 3 is 2.19 bits per heavy atom. The van der Waals surface area contributed by atoms with Gasteiger partial charge in [-0.05, 0) is 48.5 Å². The standard InChI is InChI=1S/C18H13Cl2NO3S3/c19-12-1-5-14(6-2-12)26-11-18(22)21-16-9-25-10-17(16)27(23,24)15-7-3-13(20)4-8-15/h1-10H,11H2,(H,21,22). The maximum absolute atomic E-state index is 12.8. The summed E-state index contributed by atoms with van der Waals surface area (Å²) < 4.78 is 25.6. The Bertz CT molecular complexity index is 1050. The van der Waals surface area contributed by atoms with Crippen molar-refractivity contribution in [3.05, 3.63) is 69.3 Å². The van der Waals surface area contributed by atoms with Crippen molar-refractivity contribution in [1.82, 2.24) is 0 Å². The fourth-order valence-corrected chi connectivity index (χ4v) is 5.68. The van der Waals surface area contributed by atoms with Gasteiger partial charge in [-0.3, -0.25) is 4.79 Å². The summed E-state index contributed by atoms with van der Waals surface area (Å²) in [6, 6.07) is 13.1. The minimum absolute atomic E-state index is 0.0691. The number of rotatable bonds is 6. The predicted octanol–water partition coefficient (Wildman–Crippen LogP) is 5.62. The van der Waals surface area contributed by atoms with E-state index in [1.807, 2.05) is 12.1 Å². The third-order valence-corrected chi connectivity index (χ3v) is 7.72. The molecule has 0 spiro atoms. The lowest BCUT2D eigenvalue weighted by Gasteiger charge is -2.08. The van der Waals surface area contributed by atoms with Gasteiger partial charge in [-0.1, -0.05) is 23.2 Å². The first-order chi connectivity index (χ1) is 12.9. The lowest BCUT2D eigenvalue weighted by atomic mass is 10.4. The molecule has 0 aliphatic carbocycles. The van der Waals surface area contributed by atoms with Crippen LogP contribution in [-0.2, 0) is 14.6 Å². The van der Waals surface area contributed by atoms with Crippen LogP contribution in [0.15, 0.2) is 74.0 Å². The smallest absolute Gasteiger partial charge is 0.234 e. The molecule has 3 rings (SSSR count). The first-order valence-corrected chi connectivity index (χ1v) is 11.8. The van der Waals surface area contributed by atoms with Gasteiger partial charge in [-0.25, -0.2) is 8.42 Å². The second-order valence-electron chi connectivity index (χ2n) is 5.40. The van der Waals surface area contributed by atoms with Gasteiger partial charge in [0, 0.05) is 25.7 Å². The molecule has 2 aromatic carbocycles. The zero-order valence-corrected chi connectivity index (χ0v) is 17.6. The number of thioether (sulfide) groups is 1. The molecule has 0 bridgehead atoms. The molecule has 0 unspecified atom stereocenters. The normalized spacial score (nSPS) is 11.3. The molecule has 9 heteroatoms. The van der Waals surface area contributed by atoms with Gasteiger partial charge in [-0.15, -0.1) is 23.1 Å². The summed E-state index contributed by atoms with van der Waals surface area (Å²) in [6.45, 7) is 0. The molecule has 0 atom stereocenters. The molecule has 0 saturated carbocycles. The average Bonchev–Trinajstić information content (AvgIpc) is 3.10. The molecule has 3 aromatic rings. The Kier molecular flexibility index (Phi) is 6.49. The average molecular weight is 458 g/mol. The van der Waals surface area contributed by atoms with Gasteiger partial charge in [0.25, 0.3) is 0 Å². The number of carbonyl (C=O) groups is 1. The highest BCUT2D eigenvalue weighted by Gasteiger charge is 2.23. The summed E-state index contributed by atoms with van der Waals surface area (Å²) in [7, 11) is -3.74. The van der Waals surface area contributed by atoms with E-state index in [4.69, 9.17) is 23.2 Å². The van der Waals surface area contributed by atoms with Gasteiger partial charge < -0.3 is 5.32 Å². The van der Waals surface area contributed by atoms with Crippen LogP contribution >= 0.6 is 46.3 Å². The number of anilines is 1. The Balaban J connectivity index is 1.71. The number of thiophene rings is 1. The molecule has 0 radical (unpaired) electrons. The predicted molar refractivity (Wildman–Crippen MR) is 112 cm³/mol. The third kappa shape index (κ3) is 5.06. The zero-order chi connectivity index (χ0) is 19.4. The van der Waals surface area contributed by atoms with Crippen LogP contribution in [0, 0.1) is 0 Å². The summed E-state index contributed by atoms with van der Waals surface area (Å²) in [4.78, 5) is 13.3. The number of nitrogens with one attached hydrogen (secondary N) is 1. The Morgan fingerprint density at radius 2 is 1.56 bits per heavy atom. The number of hydrogen-bond donors (Lipinski definition) is 1. The topological polar surface area (TPSA) is 63.2 Å². The van der Waals surface area contributed by atoms with Gasteiger partial charge in [0.15, 0.2) is 0 Å². The van der Waals surface area contributed by atoms with E-state index < -0.39 is 9.84 Å². The maximum Gasteiger partial charge on any atom is 0.234 e. The van der Waals surface area contributed by atoms with Gasteiger partial charge in [-0.2, -0.15) is 0 Å². The van der Waals surface area contributed by atoms with Crippen molar-refractivity contribution in [2.75, 3.05) is 11.1 Å². The minimum Gasteiger partial charge on any atom is -0.323 e. The molecular weight excluding hydrogens is 445 g/mol. The number of sulfone groups is 1. The van der Waals surface area contributed by atoms with E-state index in [0.717, 1.165) is 4.90 Å². The molecule has 27 heavy (non-hydrogen) atoms. The van der Waals surface area contributed by atoms with Crippen LogP contribution in [0.4, 0.5) is 5.69 Å². The molecule has 1 amide bonds. The molecule has 0 fully saturated rings. The third-order valence-electron chi connectivity index (χ3n) is 3.50. The Hall–Kier alpha value is -1.51. The van der Waals surface area contributed by atoms with E-state index >= 15 is 0 Å². The van der Waals surface area contributed by atoms with Crippen LogP contribution in [0.2, 0.25) is 10.0 Å². The van der Waals surface area contributed by atoms with Crippen LogP contribution < -0.4 is 5.32 Å². The highest BCUT2D eigenvalue weighted by Crippen LogP contribution is 2.32. The Morgan fingerprint density at radius 1 is 0.963 bits per heavy atom. The fraction of sp³-hybridized carbons (Fsp3) is 0.0556. The summed E-state index contributed by atoms with van der Waals surface area (Å²) in [5.74, 6) is -0.140. The molecule has 140 valence electrons. The van der Waals surface area contributed by atoms with E-state index in [0.29, 0.717) is 10.0 Å². The van der Waals surface area contributed by atoms with E-state index in [9.17, 15) is 13.2 Å². The monoisotopic (exact) mass is 457 g/mol. The number of carbonyl (C=O) groups excluding carboxylic acids is 1. The van der Waals surface area contributed by atoms with Gasteiger partial charge in [0.05, 0.1) is 16.3 Å². The first kappa shape index (κ1) is 20.2. The summed E-state index contributed by atoms with van der Waals surface area (Å²) in [5, 5.41) is 6.86. The van der Waals surface area contributed by atoms with Crippen LogP contribution in [0.5, 0.6) is 0 Å². The molecular formula is C18H13Cl2NO3S3. The number of benzene rings is 2. The number of amides is 1. The highest BCUT2D eigenvalue weighted by molar-refractivity contribution is 8.00. The second kappa shape index (κ2) is 8.67. The molecule has 1 N–H and O–H groups in total. The Labute approximate surface area is 175 Å².